The second-order valence-electron chi connectivity index (χ2n) is 4.76. The molecule has 0 saturated carbocycles. The number of thiocarbonyl (C=S) groups is 1. The molecule has 0 aromatic heterocycles. The molecule has 0 spiro atoms. The zero-order chi connectivity index (χ0) is 14.5. The van der Waals surface area contributed by atoms with Gasteiger partial charge in [0.05, 0.1) is 0 Å². The van der Waals surface area contributed by atoms with Crippen molar-refractivity contribution in [1.29, 1.82) is 0 Å². The highest BCUT2D eigenvalue weighted by atomic mass is 32.1. The Bertz CT molecular complexity index is 480. The van der Waals surface area contributed by atoms with Gasteiger partial charge in [-0.1, -0.05) is 6.92 Å². The Morgan fingerprint density at radius 2 is 1.85 bits per heavy atom. The van der Waals surface area contributed by atoms with Gasteiger partial charge in [0, 0.05) is 44.0 Å². The molecule has 1 amide bonds. The molecule has 5 nitrogen and oxygen atoms in total. The van der Waals surface area contributed by atoms with E-state index in [1.165, 1.54) is 0 Å². The van der Waals surface area contributed by atoms with Crippen LogP contribution in [0.1, 0.15) is 13.3 Å². The van der Waals surface area contributed by atoms with Crippen molar-refractivity contribution in [3.8, 4) is 0 Å². The number of nitrogens with one attached hydrogen (secondary N) is 1. The summed E-state index contributed by atoms with van der Waals surface area (Å²) >= 11 is 4.80. The van der Waals surface area contributed by atoms with Crippen molar-refractivity contribution in [3.63, 3.8) is 0 Å². The Balaban J connectivity index is 1.93. The SMILES string of the molecule is CCC(=O)N1CCN(c2ccc(NC(N)=S)cc2)CC1. The van der Waals surface area contributed by atoms with Crippen LogP contribution in [-0.2, 0) is 4.79 Å². The molecule has 108 valence electrons. The number of carbonyl (C=O) groups excluding carboxylic acids is 1. The molecule has 1 aliphatic heterocycles. The topological polar surface area (TPSA) is 61.6 Å². The number of carbonyl (C=O) groups is 1. The van der Waals surface area contributed by atoms with E-state index in [2.05, 4.69) is 10.2 Å². The van der Waals surface area contributed by atoms with E-state index in [1.807, 2.05) is 36.1 Å². The molecular formula is C14H20N4OS. The average molecular weight is 292 g/mol. The maximum Gasteiger partial charge on any atom is 0.222 e. The molecule has 2 rings (SSSR count). The predicted octanol–water partition coefficient (Wildman–Crippen LogP) is 1.40. The van der Waals surface area contributed by atoms with Gasteiger partial charge in [-0.25, -0.2) is 0 Å². The van der Waals surface area contributed by atoms with Crippen LogP contribution in [0.15, 0.2) is 24.3 Å². The lowest BCUT2D eigenvalue weighted by Gasteiger charge is -2.36. The molecule has 0 aliphatic carbocycles. The van der Waals surface area contributed by atoms with Crippen LogP contribution in [0, 0.1) is 0 Å². The van der Waals surface area contributed by atoms with Gasteiger partial charge >= 0.3 is 0 Å². The second-order valence-corrected chi connectivity index (χ2v) is 5.20. The number of nitrogens with zero attached hydrogens (tertiary/aromatic N) is 2. The Morgan fingerprint density at radius 3 is 2.35 bits per heavy atom. The third-order valence-corrected chi connectivity index (χ3v) is 3.54. The van der Waals surface area contributed by atoms with Gasteiger partial charge in [-0.3, -0.25) is 4.79 Å². The minimum Gasteiger partial charge on any atom is -0.376 e. The quantitative estimate of drug-likeness (QED) is 0.825. The minimum absolute atomic E-state index is 0.237. The number of rotatable bonds is 3. The summed E-state index contributed by atoms with van der Waals surface area (Å²) in [5.74, 6) is 0.237. The van der Waals surface area contributed by atoms with E-state index in [-0.39, 0.29) is 11.0 Å². The van der Waals surface area contributed by atoms with Gasteiger partial charge in [-0.2, -0.15) is 0 Å². The van der Waals surface area contributed by atoms with Crippen LogP contribution >= 0.6 is 12.2 Å². The van der Waals surface area contributed by atoms with E-state index >= 15 is 0 Å². The van der Waals surface area contributed by atoms with Gasteiger partial charge < -0.3 is 20.9 Å². The number of benzene rings is 1. The van der Waals surface area contributed by atoms with Crippen molar-refractivity contribution < 1.29 is 4.79 Å². The Morgan fingerprint density at radius 1 is 1.25 bits per heavy atom. The smallest absolute Gasteiger partial charge is 0.222 e. The van der Waals surface area contributed by atoms with Crippen LogP contribution in [0.4, 0.5) is 11.4 Å². The molecule has 1 heterocycles. The van der Waals surface area contributed by atoms with Gasteiger partial charge in [-0.15, -0.1) is 0 Å². The van der Waals surface area contributed by atoms with Gasteiger partial charge in [-0.05, 0) is 36.5 Å². The lowest BCUT2D eigenvalue weighted by atomic mass is 10.2. The molecule has 0 unspecified atom stereocenters. The normalized spacial score (nSPS) is 15.1. The summed E-state index contributed by atoms with van der Waals surface area (Å²) in [4.78, 5) is 15.8. The molecule has 1 aromatic carbocycles. The van der Waals surface area contributed by atoms with Crippen molar-refractivity contribution in [2.24, 2.45) is 5.73 Å². The Kier molecular flexibility index (Phi) is 4.79. The van der Waals surface area contributed by atoms with Gasteiger partial charge in [0.2, 0.25) is 5.91 Å². The van der Waals surface area contributed by atoms with Crippen LogP contribution in [0.25, 0.3) is 0 Å². The summed E-state index contributed by atoms with van der Waals surface area (Å²) in [6.07, 6.45) is 0.583. The van der Waals surface area contributed by atoms with Crippen LogP contribution in [0.3, 0.4) is 0 Å². The maximum absolute atomic E-state index is 11.6. The second kappa shape index (κ2) is 6.56. The summed E-state index contributed by atoms with van der Waals surface area (Å²) < 4.78 is 0. The van der Waals surface area contributed by atoms with Gasteiger partial charge in [0.1, 0.15) is 0 Å². The Labute approximate surface area is 124 Å². The molecule has 1 aliphatic rings. The van der Waals surface area contributed by atoms with Crippen LogP contribution in [0.2, 0.25) is 0 Å². The number of hydrogen-bond acceptors (Lipinski definition) is 3. The highest BCUT2D eigenvalue weighted by Crippen LogP contribution is 2.19. The first-order valence-electron chi connectivity index (χ1n) is 6.79. The Hall–Kier alpha value is -1.82. The maximum atomic E-state index is 11.6. The summed E-state index contributed by atoms with van der Waals surface area (Å²) in [7, 11) is 0. The molecule has 1 aromatic rings. The molecule has 3 N–H and O–H groups in total. The van der Waals surface area contributed by atoms with E-state index < -0.39 is 0 Å². The molecule has 0 radical (unpaired) electrons. The van der Waals surface area contributed by atoms with E-state index in [1.54, 1.807) is 0 Å². The molecule has 1 saturated heterocycles. The number of nitrogens with two attached hydrogens (primary N) is 1. The summed E-state index contributed by atoms with van der Waals surface area (Å²) in [6.45, 7) is 5.23. The first-order valence-corrected chi connectivity index (χ1v) is 7.20. The fourth-order valence-electron chi connectivity index (χ4n) is 2.34. The first-order chi connectivity index (χ1) is 9.60. The van der Waals surface area contributed by atoms with E-state index in [0.717, 1.165) is 37.6 Å². The van der Waals surface area contributed by atoms with Crippen molar-refractivity contribution in [1.82, 2.24) is 4.90 Å². The van der Waals surface area contributed by atoms with Crippen LogP contribution in [0.5, 0.6) is 0 Å². The summed E-state index contributed by atoms with van der Waals surface area (Å²) in [5.41, 5.74) is 7.48. The monoisotopic (exact) mass is 292 g/mol. The molecule has 20 heavy (non-hydrogen) atoms. The van der Waals surface area contributed by atoms with Crippen molar-refractivity contribution in [2.45, 2.75) is 13.3 Å². The molecular weight excluding hydrogens is 272 g/mol. The summed E-state index contributed by atoms with van der Waals surface area (Å²) in [6, 6.07) is 7.99. The minimum atomic E-state index is 0.237. The fourth-order valence-corrected chi connectivity index (χ4v) is 2.45. The largest absolute Gasteiger partial charge is 0.376 e. The van der Waals surface area contributed by atoms with Crippen LogP contribution < -0.4 is 16.0 Å². The number of hydrogen-bond donors (Lipinski definition) is 2. The lowest BCUT2D eigenvalue weighted by Crippen LogP contribution is -2.48. The van der Waals surface area contributed by atoms with Crippen molar-refractivity contribution in [2.75, 3.05) is 36.4 Å². The third-order valence-electron chi connectivity index (χ3n) is 3.43. The lowest BCUT2D eigenvalue weighted by molar-refractivity contribution is -0.131. The highest BCUT2D eigenvalue weighted by molar-refractivity contribution is 7.80. The zero-order valence-electron chi connectivity index (χ0n) is 11.6. The van der Waals surface area contributed by atoms with E-state index in [4.69, 9.17) is 18.0 Å². The number of anilines is 2. The zero-order valence-corrected chi connectivity index (χ0v) is 12.4. The predicted molar refractivity (Wildman–Crippen MR) is 85.9 cm³/mol. The van der Waals surface area contributed by atoms with Crippen LogP contribution in [-0.4, -0.2) is 42.1 Å². The highest BCUT2D eigenvalue weighted by Gasteiger charge is 2.19. The average Bonchev–Trinajstić information content (AvgIpc) is 2.47. The summed E-state index contributed by atoms with van der Waals surface area (Å²) in [5, 5.41) is 3.17. The number of piperazine rings is 1. The third kappa shape index (κ3) is 3.60. The van der Waals surface area contributed by atoms with Gasteiger partial charge in [0.15, 0.2) is 5.11 Å². The molecule has 0 atom stereocenters. The molecule has 0 bridgehead atoms. The molecule has 1 fully saturated rings. The van der Waals surface area contributed by atoms with E-state index in [9.17, 15) is 4.79 Å². The number of amides is 1. The van der Waals surface area contributed by atoms with Crippen molar-refractivity contribution in [3.05, 3.63) is 24.3 Å². The van der Waals surface area contributed by atoms with E-state index in [0.29, 0.717) is 6.42 Å². The standard InChI is InChI=1S/C14H20N4OS/c1-2-13(19)18-9-7-17(8-10-18)12-5-3-11(4-6-12)16-14(15)20/h3-6H,2,7-10H2,1H3,(H3,15,16,20). The molecule has 6 heteroatoms. The van der Waals surface area contributed by atoms with Gasteiger partial charge in [0.25, 0.3) is 0 Å². The first kappa shape index (κ1) is 14.6. The fraction of sp³-hybridized carbons (Fsp3) is 0.429. The van der Waals surface area contributed by atoms with Crippen molar-refractivity contribution >= 4 is 34.6 Å².